The minimum absolute atomic E-state index is 0.0606. The van der Waals surface area contributed by atoms with Crippen molar-refractivity contribution in [2.24, 2.45) is 5.92 Å². The van der Waals surface area contributed by atoms with Crippen molar-refractivity contribution in [3.05, 3.63) is 23.3 Å². The number of hydrogen-bond acceptors (Lipinski definition) is 3. The zero-order valence-corrected chi connectivity index (χ0v) is 11.0. The lowest BCUT2D eigenvalue weighted by Crippen LogP contribution is -2.27. The van der Waals surface area contributed by atoms with Crippen LogP contribution in [0.25, 0.3) is 0 Å². The molecule has 1 aromatic carbocycles. The van der Waals surface area contributed by atoms with Crippen LogP contribution in [0.2, 0.25) is 0 Å². The van der Waals surface area contributed by atoms with E-state index in [2.05, 4.69) is 5.32 Å². The van der Waals surface area contributed by atoms with E-state index in [9.17, 15) is 18.0 Å². The summed E-state index contributed by atoms with van der Waals surface area (Å²) in [6.45, 7) is 3.88. The minimum atomic E-state index is -4.61. The van der Waals surface area contributed by atoms with E-state index in [1.165, 1.54) is 6.07 Å². The molecule has 4 nitrogen and oxygen atoms in total. The van der Waals surface area contributed by atoms with Crippen LogP contribution in [-0.2, 0) is 6.18 Å². The van der Waals surface area contributed by atoms with E-state index in [-0.39, 0.29) is 29.8 Å². The monoisotopic (exact) mass is 289 g/mol. The second kappa shape index (κ2) is 5.22. The van der Waals surface area contributed by atoms with Gasteiger partial charge in [-0.15, -0.1) is 0 Å². The minimum Gasteiger partial charge on any atom is -0.454 e. The van der Waals surface area contributed by atoms with Crippen molar-refractivity contribution in [2.75, 3.05) is 13.3 Å². The van der Waals surface area contributed by atoms with Crippen LogP contribution in [0.15, 0.2) is 12.1 Å². The van der Waals surface area contributed by atoms with E-state index in [0.29, 0.717) is 6.54 Å². The van der Waals surface area contributed by atoms with Crippen molar-refractivity contribution in [3.8, 4) is 11.5 Å². The van der Waals surface area contributed by atoms with E-state index < -0.39 is 17.6 Å². The second-order valence-electron chi connectivity index (χ2n) is 4.86. The first-order valence-corrected chi connectivity index (χ1v) is 6.08. The fourth-order valence-corrected chi connectivity index (χ4v) is 1.75. The number of alkyl halides is 3. The number of carbonyl (C=O) groups excluding carboxylic acids is 1. The van der Waals surface area contributed by atoms with Crippen molar-refractivity contribution in [3.63, 3.8) is 0 Å². The summed E-state index contributed by atoms with van der Waals surface area (Å²) in [5.41, 5.74) is -1.09. The van der Waals surface area contributed by atoms with E-state index >= 15 is 0 Å². The average Bonchev–Trinajstić information content (AvgIpc) is 2.81. The van der Waals surface area contributed by atoms with Gasteiger partial charge in [0.2, 0.25) is 6.79 Å². The van der Waals surface area contributed by atoms with E-state index in [1.807, 2.05) is 13.8 Å². The molecule has 1 aliphatic rings. The van der Waals surface area contributed by atoms with Crippen LogP contribution in [0, 0.1) is 5.92 Å². The molecular weight excluding hydrogens is 275 g/mol. The summed E-state index contributed by atoms with van der Waals surface area (Å²) < 4.78 is 48.6. The fourth-order valence-electron chi connectivity index (χ4n) is 1.75. The average molecular weight is 289 g/mol. The number of ether oxygens (including phenoxy) is 2. The van der Waals surface area contributed by atoms with Crippen LogP contribution in [0.3, 0.4) is 0 Å². The van der Waals surface area contributed by atoms with Crippen LogP contribution >= 0.6 is 0 Å². The Balaban J connectivity index is 2.34. The lowest BCUT2D eigenvalue weighted by atomic mass is 10.1. The summed E-state index contributed by atoms with van der Waals surface area (Å²) in [5, 5.41) is 2.57. The molecule has 110 valence electrons. The number of benzene rings is 1. The summed E-state index contributed by atoms with van der Waals surface area (Å²) in [4.78, 5) is 11.9. The molecule has 0 aliphatic carbocycles. The van der Waals surface area contributed by atoms with Gasteiger partial charge in [-0.1, -0.05) is 13.8 Å². The smallest absolute Gasteiger partial charge is 0.420 e. The molecule has 1 amide bonds. The standard InChI is InChI=1S/C13H14F3NO3/c1-7(2)5-17-12(18)8-3-9(13(14,15)16)11-10(4-8)19-6-20-11/h3-4,7H,5-6H2,1-2H3,(H,17,18). The Kier molecular flexibility index (Phi) is 3.78. The Labute approximate surface area is 113 Å². The summed E-state index contributed by atoms with van der Waals surface area (Å²) in [7, 11) is 0. The van der Waals surface area contributed by atoms with Gasteiger partial charge in [-0.2, -0.15) is 13.2 Å². The highest BCUT2D eigenvalue weighted by molar-refractivity contribution is 5.95. The lowest BCUT2D eigenvalue weighted by Gasteiger charge is -2.13. The van der Waals surface area contributed by atoms with Crippen molar-refractivity contribution < 1.29 is 27.4 Å². The molecule has 1 heterocycles. The number of halogens is 3. The molecular formula is C13H14F3NO3. The molecule has 0 saturated carbocycles. The van der Waals surface area contributed by atoms with Gasteiger partial charge < -0.3 is 14.8 Å². The first-order valence-electron chi connectivity index (χ1n) is 6.08. The predicted octanol–water partition coefficient (Wildman–Crippen LogP) is 2.82. The normalized spacial score (nSPS) is 13.7. The van der Waals surface area contributed by atoms with E-state index in [1.54, 1.807) is 0 Å². The van der Waals surface area contributed by atoms with Crippen LogP contribution in [-0.4, -0.2) is 19.2 Å². The van der Waals surface area contributed by atoms with Crippen molar-refractivity contribution >= 4 is 5.91 Å². The maximum atomic E-state index is 12.9. The van der Waals surface area contributed by atoms with E-state index in [4.69, 9.17) is 9.47 Å². The number of amides is 1. The second-order valence-corrected chi connectivity index (χ2v) is 4.86. The van der Waals surface area contributed by atoms with Crippen LogP contribution in [0.5, 0.6) is 11.5 Å². The van der Waals surface area contributed by atoms with Crippen LogP contribution in [0.4, 0.5) is 13.2 Å². The van der Waals surface area contributed by atoms with Gasteiger partial charge in [-0.25, -0.2) is 0 Å². The molecule has 0 aromatic heterocycles. The number of nitrogens with one attached hydrogen (secondary N) is 1. The highest BCUT2D eigenvalue weighted by Gasteiger charge is 2.38. The first-order chi connectivity index (χ1) is 9.29. The zero-order chi connectivity index (χ0) is 14.9. The highest BCUT2D eigenvalue weighted by atomic mass is 19.4. The van der Waals surface area contributed by atoms with Gasteiger partial charge in [-0.05, 0) is 18.1 Å². The van der Waals surface area contributed by atoms with Gasteiger partial charge >= 0.3 is 6.18 Å². The molecule has 0 bridgehead atoms. The molecule has 20 heavy (non-hydrogen) atoms. The van der Waals surface area contributed by atoms with Crippen LogP contribution in [0.1, 0.15) is 29.8 Å². The topological polar surface area (TPSA) is 47.6 Å². The molecule has 0 fully saturated rings. The molecule has 1 N–H and O–H groups in total. The Morgan fingerprint density at radius 3 is 2.65 bits per heavy atom. The summed E-state index contributed by atoms with van der Waals surface area (Å²) in [6.07, 6.45) is -4.61. The van der Waals surface area contributed by atoms with Crippen LogP contribution < -0.4 is 14.8 Å². The number of fused-ring (bicyclic) bond motifs is 1. The van der Waals surface area contributed by atoms with Gasteiger partial charge in [0.1, 0.15) is 5.56 Å². The summed E-state index contributed by atoms with van der Waals surface area (Å²) in [6, 6.07) is 2.04. The van der Waals surface area contributed by atoms with Gasteiger partial charge in [0.25, 0.3) is 5.91 Å². The third kappa shape index (κ3) is 2.97. The molecule has 0 spiro atoms. The molecule has 0 atom stereocenters. The van der Waals surface area contributed by atoms with Gasteiger partial charge in [0, 0.05) is 12.1 Å². The van der Waals surface area contributed by atoms with Gasteiger partial charge in [0.15, 0.2) is 11.5 Å². The quantitative estimate of drug-likeness (QED) is 0.930. The maximum Gasteiger partial charge on any atom is 0.420 e. The maximum absolute atomic E-state index is 12.9. The third-order valence-electron chi connectivity index (χ3n) is 2.71. The Bertz CT molecular complexity index is 526. The van der Waals surface area contributed by atoms with Crippen molar-refractivity contribution in [1.82, 2.24) is 5.32 Å². The first kappa shape index (κ1) is 14.5. The molecule has 2 rings (SSSR count). The molecule has 1 aromatic rings. The van der Waals surface area contributed by atoms with Crippen molar-refractivity contribution in [1.29, 1.82) is 0 Å². The Morgan fingerprint density at radius 1 is 1.35 bits per heavy atom. The molecule has 1 aliphatic heterocycles. The van der Waals surface area contributed by atoms with Crippen molar-refractivity contribution in [2.45, 2.75) is 20.0 Å². The molecule has 0 saturated heterocycles. The lowest BCUT2D eigenvalue weighted by molar-refractivity contribution is -0.138. The fraction of sp³-hybridized carbons (Fsp3) is 0.462. The van der Waals surface area contributed by atoms with Gasteiger partial charge in [-0.3, -0.25) is 4.79 Å². The molecule has 7 heteroatoms. The number of rotatable bonds is 3. The Morgan fingerprint density at radius 2 is 2.05 bits per heavy atom. The molecule has 0 radical (unpaired) electrons. The summed E-state index contributed by atoms with van der Waals surface area (Å²) >= 11 is 0. The third-order valence-corrected chi connectivity index (χ3v) is 2.71. The zero-order valence-electron chi connectivity index (χ0n) is 11.0. The predicted molar refractivity (Wildman–Crippen MR) is 64.7 cm³/mol. The van der Waals surface area contributed by atoms with Gasteiger partial charge in [0.05, 0.1) is 0 Å². The Hall–Kier alpha value is -1.92. The highest BCUT2D eigenvalue weighted by Crippen LogP contribution is 2.44. The van der Waals surface area contributed by atoms with E-state index in [0.717, 1.165) is 6.07 Å². The SMILES string of the molecule is CC(C)CNC(=O)c1cc2c(c(C(F)(F)F)c1)OCO2. The largest absolute Gasteiger partial charge is 0.454 e. The molecule has 0 unspecified atom stereocenters. The number of hydrogen-bond donors (Lipinski definition) is 1. The summed E-state index contributed by atoms with van der Waals surface area (Å²) in [5.74, 6) is -0.787. The number of carbonyl (C=O) groups is 1.